The van der Waals surface area contributed by atoms with E-state index >= 15 is 0 Å². The molecule has 1 aliphatic rings. The molecule has 0 aliphatic heterocycles. The first-order valence-electron chi connectivity index (χ1n) is 6.06. The van der Waals surface area contributed by atoms with Crippen LogP contribution in [0.25, 0.3) is 0 Å². The molecule has 4 N–H and O–H groups in total. The Morgan fingerprint density at radius 1 is 1.44 bits per heavy atom. The van der Waals surface area contributed by atoms with Crippen LogP contribution in [-0.2, 0) is 4.79 Å². The van der Waals surface area contributed by atoms with Gasteiger partial charge in [-0.15, -0.1) is 12.4 Å². The van der Waals surface area contributed by atoms with Gasteiger partial charge in [-0.3, -0.25) is 15.0 Å². The van der Waals surface area contributed by atoms with Crippen LogP contribution in [0.3, 0.4) is 0 Å². The maximum atomic E-state index is 11.5. The maximum absolute atomic E-state index is 11.5. The average molecular weight is 279 g/mol. The Labute approximate surface area is 114 Å². The Morgan fingerprint density at radius 3 is 2.50 bits per heavy atom. The van der Waals surface area contributed by atoms with Crippen LogP contribution in [0.15, 0.2) is 0 Å². The first-order chi connectivity index (χ1) is 8.08. The second-order valence-corrected chi connectivity index (χ2v) is 4.46. The van der Waals surface area contributed by atoms with Crippen molar-refractivity contribution in [3.05, 3.63) is 0 Å². The second kappa shape index (κ2) is 8.29. The SMILES string of the molecule is CCNC(=O)NC(=O)CN(C)C(CN)C1CC1.Cl. The topological polar surface area (TPSA) is 87.5 Å². The van der Waals surface area contributed by atoms with E-state index in [-0.39, 0.29) is 30.9 Å². The van der Waals surface area contributed by atoms with Crippen LogP contribution >= 0.6 is 12.4 Å². The van der Waals surface area contributed by atoms with Crippen LogP contribution in [0.1, 0.15) is 19.8 Å². The minimum atomic E-state index is -0.443. The van der Waals surface area contributed by atoms with E-state index in [1.165, 1.54) is 12.8 Å². The number of imide groups is 1. The molecule has 0 saturated heterocycles. The number of nitrogens with zero attached hydrogens (tertiary/aromatic N) is 1. The number of halogens is 1. The molecule has 0 spiro atoms. The van der Waals surface area contributed by atoms with Gasteiger partial charge in [-0.1, -0.05) is 0 Å². The summed E-state index contributed by atoms with van der Waals surface area (Å²) in [4.78, 5) is 24.6. The highest BCUT2D eigenvalue weighted by Gasteiger charge is 2.33. The largest absolute Gasteiger partial charge is 0.338 e. The highest BCUT2D eigenvalue weighted by Crippen LogP contribution is 2.34. The zero-order valence-electron chi connectivity index (χ0n) is 10.9. The average Bonchev–Trinajstić information content (AvgIpc) is 3.02. The van der Waals surface area contributed by atoms with Crippen molar-refractivity contribution in [2.45, 2.75) is 25.8 Å². The second-order valence-electron chi connectivity index (χ2n) is 4.46. The Hall–Kier alpha value is -0.850. The molecule has 7 heteroatoms. The molecule has 6 nitrogen and oxygen atoms in total. The normalized spacial score (nSPS) is 15.8. The van der Waals surface area contributed by atoms with Crippen molar-refractivity contribution in [1.82, 2.24) is 15.5 Å². The molecule has 0 heterocycles. The zero-order chi connectivity index (χ0) is 12.8. The van der Waals surface area contributed by atoms with Crippen LogP contribution in [0.2, 0.25) is 0 Å². The molecular formula is C11H23ClN4O2. The van der Waals surface area contributed by atoms with Gasteiger partial charge in [0.25, 0.3) is 0 Å². The molecule has 1 rings (SSSR count). The molecule has 0 aromatic rings. The first-order valence-corrected chi connectivity index (χ1v) is 6.06. The Balaban J connectivity index is 0.00000289. The van der Waals surface area contributed by atoms with Gasteiger partial charge in [0.05, 0.1) is 6.54 Å². The summed E-state index contributed by atoms with van der Waals surface area (Å²) in [7, 11) is 1.87. The number of urea groups is 1. The highest BCUT2D eigenvalue weighted by molar-refractivity contribution is 5.95. The van der Waals surface area contributed by atoms with Gasteiger partial charge in [-0.2, -0.15) is 0 Å². The number of carbonyl (C=O) groups is 2. The van der Waals surface area contributed by atoms with E-state index in [0.29, 0.717) is 19.0 Å². The Morgan fingerprint density at radius 2 is 2.06 bits per heavy atom. The number of hydrogen-bond acceptors (Lipinski definition) is 4. The number of amides is 3. The fourth-order valence-electron chi connectivity index (χ4n) is 1.93. The molecule has 1 unspecified atom stereocenters. The Kier molecular flexibility index (Phi) is 7.90. The third-order valence-electron chi connectivity index (χ3n) is 2.96. The van der Waals surface area contributed by atoms with Crippen molar-refractivity contribution in [2.75, 3.05) is 26.7 Å². The highest BCUT2D eigenvalue weighted by atomic mass is 35.5. The molecule has 0 radical (unpaired) electrons. The van der Waals surface area contributed by atoms with Crippen molar-refractivity contribution < 1.29 is 9.59 Å². The smallest absolute Gasteiger partial charge is 0.321 e. The van der Waals surface area contributed by atoms with E-state index in [2.05, 4.69) is 10.6 Å². The lowest BCUT2D eigenvalue weighted by molar-refractivity contribution is -0.121. The number of nitrogens with one attached hydrogen (secondary N) is 2. The first kappa shape index (κ1) is 17.2. The van der Waals surface area contributed by atoms with Crippen LogP contribution in [0.5, 0.6) is 0 Å². The summed E-state index contributed by atoms with van der Waals surface area (Å²) in [6.45, 7) is 3.06. The van der Waals surface area contributed by atoms with Crippen molar-refractivity contribution in [2.24, 2.45) is 11.7 Å². The van der Waals surface area contributed by atoms with Gasteiger partial charge >= 0.3 is 6.03 Å². The van der Waals surface area contributed by atoms with Gasteiger partial charge in [0.2, 0.25) is 5.91 Å². The number of hydrogen-bond donors (Lipinski definition) is 3. The maximum Gasteiger partial charge on any atom is 0.321 e. The van der Waals surface area contributed by atoms with Gasteiger partial charge in [0.15, 0.2) is 0 Å². The number of likely N-dealkylation sites (N-methyl/N-ethyl adjacent to an activating group) is 1. The third kappa shape index (κ3) is 5.66. The quantitative estimate of drug-likeness (QED) is 0.634. The van der Waals surface area contributed by atoms with Crippen LogP contribution in [0, 0.1) is 5.92 Å². The minimum Gasteiger partial charge on any atom is -0.338 e. The summed E-state index contributed by atoms with van der Waals surface area (Å²) in [6, 6.07) is -0.198. The van der Waals surface area contributed by atoms with E-state index in [9.17, 15) is 9.59 Å². The molecule has 0 aromatic carbocycles. The molecule has 1 atom stereocenters. The standard InChI is InChI=1S/C11H22N4O2.ClH/c1-3-13-11(17)14-10(16)7-15(2)9(6-12)8-4-5-8;/h8-9H,3-7,12H2,1-2H3,(H2,13,14,16,17);1H. The Bertz CT molecular complexity index is 284. The van der Waals surface area contributed by atoms with Gasteiger partial charge < -0.3 is 11.1 Å². The number of nitrogens with two attached hydrogens (primary N) is 1. The summed E-state index contributed by atoms with van der Waals surface area (Å²) in [5.41, 5.74) is 5.69. The van der Waals surface area contributed by atoms with E-state index in [1.54, 1.807) is 6.92 Å². The predicted octanol–water partition coefficient (Wildman–Crippen LogP) is -0.0770. The molecule has 3 amide bonds. The van der Waals surface area contributed by atoms with E-state index in [1.807, 2.05) is 11.9 Å². The van der Waals surface area contributed by atoms with Gasteiger partial charge in [-0.25, -0.2) is 4.79 Å². The van der Waals surface area contributed by atoms with Gasteiger partial charge in [0, 0.05) is 19.1 Å². The lowest BCUT2D eigenvalue weighted by Gasteiger charge is -2.26. The van der Waals surface area contributed by atoms with E-state index in [4.69, 9.17) is 5.73 Å². The third-order valence-corrected chi connectivity index (χ3v) is 2.96. The van der Waals surface area contributed by atoms with Crippen molar-refractivity contribution in [3.8, 4) is 0 Å². The molecule has 18 heavy (non-hydrogen) atoms. The molecular weight excluding hydrogens is 256 g/mol. The van der Waals surface area contributed by atoms with Crippen LogP contribution < -0.4 is 16.4 Å². The molecule has 0 bridgehead atoms. The fourth-order valence-corrected chi connectivity index (χ4v) is 1.93. The lowest BCUT2D eigenvalue weighted by Crippen LogP contribution is -2.48. The summed E-state index contributed by atoms with van der Waals surface area (Å²) in [5.74, 6) is 0.319. The monoisotopic (exact) mass is 278 g/mol. The van der Waals surface area contributed by atoms with Crippen molar-refractivity contribution >= 4 is 24.3 Å². The summed E-state index contributed by atoms with van der Waals surface area (Å²) in [6.07, 6.45) is 2.37. The van der Waals surface area contributed by atoms with Crippen LogP contribution in [-0.4, -0.2) is 49.6 Å². The summed E-state index contributed by atoms with van der Waals surface area (Å²) < 4.78 is 0. The predicted molar refractivity (Wildman–Crippen MR) is 72.7 cm³/mol. The minimum absolute atomic E-state index is 0. The lowest BCUT2D eigenvalue weighted by atomic mass is 10.1. The van der Waals surface area contributed by atoms with Crippen molar-refractivity contribution in [1.29, 1.82) is 0 Å². The number of carbonyl (C=O) groups excluding carboxylic acids is 2. The van der Waals surface area contributed by atoms with E-state index in [0.717, 1.165) is 0 Å². The van der Waals surface area contributed by atoms with Gasteiger partial charge in [-0.05, 0) is 32.7 Å². The summed E-state index contributed by atoms with van der Waals surface area (Å²) >= 11 is 0. The van der Waals surface area contributed by atoms with Gasteiger partial charge in [0.1, 0.15) is 0 Å². The molecule has 1 fully saturated rings. The molecule has 106 valence electrons. The molecule has 0 aromatic heterocycles. The van der Waals surface area contributed by atoms with Crippen LogP contribution in [0.4, 0.5) is 4.79 Å². The zero-order valence-corrected chi connectivity index (χ0v) is 11.8. The molecule has 1 aliphatic carbocycles. The van der Waals surface area contributed by atoms with E-state index < -0.39 is 6.03 Å². The summed E-state index contributed by atoms with van der Waals surface area (Å²) in [5, 5.41) is 4.79. The van der Waals surface area contributed by atoms with Crippen molar-refractivity contribution in [3.63, 3.8) is 0 Å². The fraction of sp³-hybridized carbons (Fsp3) is 0.818. The number of rotatable bonds is 6. The molecule has 1 saturated carbocycles.